The van der Waals surface area contributed by atoms with Gasteiger partial charge in [0.05, 0.1) is 5.04 Å². The summed E-state index contributed by atoms with van der Waals surface area (Å²) in [6.07, 6.45) is 0. The maximum Gasteiger partial charge on any atom is 0.0709 e. The van der Waals surface area contributed by atoms with E-state index < -0.39 is 0 Å². The van der Waals surface area contributed by atoms with E-state index in [1.165, 1.54) is 0 Å². The van der Waals surface area contributed by atoms with E-state index in [0.29, 0.717) is 0 Å². The predicted molar refractivity (Wildman–Crippen MR) is 57.7 cm³/mol. The first-order valence-corrected chi connectivity index (χ1v) is 5.03. The fourth-order valence-corrected chi connectivity index (χ4v) is 2.46. The molecule has 1 rings (SSSR count). The summed E-state index contributed by atoms with van der Waals surface area (Å²) < 4.78 is 0.204. The van der Waals surface area contributed by atoms with Crippen molar-refractivity contribution < 1.29 is 0 Å². The van der Waals surface area contributed by atoms with Crippen molar-refractivity contribution in [1.82, 2.24) is 0 Å². The summed E-state index contributed by atoms with van der Waals surface area (Å²) in [4.78, 5) is 4.42. The molecule has 1 aliphatic heterocycles. The number of nitrogens with zero attached hydrogens (tertiary/aromatic N) is 1. The molecular formula is C10H17NS. The molecule has 0 unspecified atom stereocenters. The average molecular weight is 183 g/mol. The molecule has 68 valence electrons. The van der Waals surface area contributed by atoms with Crippen LogP contribution in [0.5, 0.6) is 0 Å². The lowest BCUT2D eigenvalue weighted by molar-refractivity contribution is 0.344. The fraction of sp³-hybridized carbons (Fsp3) is 0.700. The van der Waals surface area contributed by atoms with Gasteiger partial charge in [0, 0.05) is 15.9 Å². The summed E-state index contributed by atoms with van der Waals surface area (Å²) in [5.74, 6) is 0. The Morgan fingerprint density at radius 2 is 1.75 bits per heavy atom. The van der Waals surface area contributed by atoms with Gasteiger partial charge in [0.15, 0.2) is 0 Å². The number of allylic oxidation sites excluding steroid dienone is 1. The van der Waals surface area contributed by atoms with Gasteiger partial charge in [0.25, 0.3) is 0 Å². The van der Waals surface area contributed by atoms with Crippen molar-refractivity contribution >= 4 is 16.8 Å². The topological polar surface area (TPSA) is 12.4 Å². The Labute approximate surface area is 79.3 Å². The highest BCUT2D eigenvalue weighted by Crippen LogP contribution is 2.50. The molecule has 0 atom stereocenters. The largest absolute Gasteiger partial charge is 0.251 e. The highest BCUT2D eigenvalue weighted by molar-refractivity contribution is 8.15. The third-order valence-electron chi connectivity index (χ3n) is 2.92. The summed E-state index contributed by atoms with van der Waals surface area (Å²) in [5, 5.41) is 1.13. The van der Waals surface area contributed by atoms with E-state index in [1.54, 1.807) is 0 Å². The zero-order valence-corrected chi connectivity index (χ0v) is 9.38. The van der Waals surface area contributed by atoms with Crippen molar-refractivity contribution in [3.63, 3.8) is 0 Å². The van der Waals surface area contributed by atoms with E-state index in [-0.39, 0.29) is 10.2 Å². The molecule has 0 aromatic rings. The maximum absolute atomic E-state index is 4.42. The molecule has 1 nitrogen and oxygen atoms in total. The van der Waals surface area contributed by atoms with Gasteiger partial charge < -0.3 is 0 Å². The maximum atomic E-state index is 4.42. The minimum Gasteiger partial charge on any atom is -0.251 e. The molecule has 0 bridgehead atoms. The molecular weight excluding hydrogens is 166 g/mol. The van der Waals surface area contributed by atoms with Gasteiger partial charge in [-0.2, -0.15) is 0 Å². The van der Waals surface area contributed by atoms with Crippen LogP contribution in [0.3, 0.4) is 0 Å². The molecule has 12 heavy (non-hydrogen) atoms. The van der Waals surface area contributed by atoms with Crippen LogP contribution in [-0.4, -0.2) is 9.79 Å². The first-order chi connectivity index (χ1) is 5.27. The van der Waals surface area contributed by atoms with E-state index in [1.807, 2.05) is 18.7 Å². The molecule has 2 heteroatoms. The van der Waals surface area contributed by atoms with E-state index in [9.17, 15) is 0 Å². The van der Waals surface area contributed by atoms with Crippen molar-refractivity contribution in [3.05, 3.63) is 12.3 Å². The first-order valence-electron chi connectivity index (χ1n) is 4.21. The third kappa shape index (κ3) is 1.33. The van der Waals surface area contributed by atoms with Crippen LogP contribution in [0.4, 0.5) is 0 Å². The number of hydrogen-bond donors (Lipinski definition) is 0. The van der Waals surface area contributed by atoms with Crippen LogP contribution in [0.2, 0.25) is 0 Å². The second kappa shape index (κ2) is 2.63. The molecule has 0 spiro atoms. The second-order valence-electron chi connectivity index (χ2n) is 4.31. The molecule has 1 heterocycles. The van der Waals surface area contributed by atoms with Gasteiger partial charge in [-0.05, 0) is 20.8 Å². The molecule has 0 fully saturated rings. The second-order valence-corrected chi connectivity index (χ2v) is 6.13. The third-order valence-corrected chi connectivity index (χ3v) is 4.33. The summed E-state index contributed by atoms with van der Waals surface area (Å²) >= 11 is 1.84. The van der Waals surface area contributed by atoms with Crippen LogP contribution in [-0.2, 0) is 0 Å². The minimum atomic E-state index is 0.0944. The molecule has 0 N–H and O–H groups in total. The van der Waals surface area contributed by atoms with Gasteiger partial charge in [-0.25, -0.2) is 0 Å². The number of thioether (sulfide) groups is 1. The number of hydrogen-bond acceptors (Lipinski definition) is 2. The molecule has 0 amide bonds. The zero-order valence-electron chi connectivity index (χ0n) is 8.56. The van der Waals surface area contributed by atoms with Crippen LogP contribution < -0.4 is 0 Å². The molecule has 0 saturated heterocycles. The van der Waals surface area contributed by atoms with Crippen molar-refractivity contribution in [3.8, 4) is 0 Å². The van der Waals surface area contributed by atoms with Gasteiger partial charge >= 0.3 is 0 Å². The summed E-state index contributed by atoms with van der Waals surface area (Å²) in [6.45, 7) is 15.0. The molecule has 0 aliphatic carbocycles. The summed E-state index contributed by atoms with van der Waals surface area (Å²) in [6, 6.07) is 0. The highest BCUT2D eigenvalue weighted by atomic mass is 32.2. The molecule has 0 radical (unpaired) electrons. The average Bonchev–Trinajstić information content (AvgIpc) is 1.82. The standard InChI is InChI=1S/C10H17NS/c1-7-9(3,4)10(5,6)12-8(2)11-7/h1H2,2-6H3. The molecule has 0 aromatic heterocycles. The van der Waals surface area contributed by atoms with Crippen LogP contribution in [0, 0.1) is 5.41 Å². The zero-order chi connectivity index (χ0) is 9.57. The molecule has 0 saturated carbocycles. The Hall–Kier alpha value is -0.240. The predicted octanol–water partition coefficient (Wildman–Crippen LogP) is 3.47. The van der Waals surface area contributed by atoms with Crippen LogP contribution in [0.25, 0.3) is 0 Å². The number of rotatable bonds is 0. The first kappa shape index (κ1) is 9.85. The normalized spacial score (nSPS) is 26.8. The minimum absolute atomic E-state index is 0.0944. The Kier molecular flexibility index (Phi) is 2.15. The molecule has 0 aromatic carbocycles. The Morgan fingerprint density at radius 3 is 2.17 bits per heavy atom. The van der Waals surface area contributed by atoms with E-state index in [4.69, 9.17) is 0 Å². The van der Waals surface area contributed by atoms with Crippen LogP contribution in [0.15, 0.2) is 17.3 Å². The molecule has 1 aliphatic rings. The SMILES string of the molecule is C=C1N=C(C)SC(C)(C)C1(C)C. The van der Waals surface area contributed by atoms with Crippen LogP contribution >= 0.6 is 11.8 Å². The Balaban J connectivity index is 3.12. The van der Waals surface area contributed by atoms with Gasteiger partial charge in [-0.15, -0.1) is 11.8 Å². The summed E-state index contributed by atoms with van der Waals surface area (Å²) in [5.41, 5.74) is 1.10. The fourth-order valence-electron chi connectivity index (χ4n) is 1.20. The van der Waals surface area contributed by atoms with E-state index in [2.05, 4.69) is 39.3 Å². The number of aliphatic imine (C=N–C) groups is 1. The van der Waals surface area contributed by atoms with Gasteiger partial charge in [0.1, 0.15) is 0 Å². The van der Waals surface area contributed by atoms with Gasteiger partial charge in [-0.3, -0.25) is 4.99 Å². The quantitative estimate of drug-likeness (QED) is 0.560. The monoisotopic (exact) mass is 183 g/mol. The van der Waals surface area contributed by atoms with Crippen molar-refractivity contribution in [2.75, 3.05) is 0 Å². The van der Waals surface area contributed by atoms with Gasteiger partial charge in [-0.1, -0.05) is 20.4 Å². The van der Waals surface area contributed by atoms with Crippen LogP contribution in [0.1, 0.15) is 34.6 Å². The summed E-state index contributed by atoms with van der Waals surface area (Å²) in [7, 11) is 0. The van der Waals surface area contributed by atoms with E-state index in [0.717, 1.165) is 10.7 Å². The lowest BCUT2D eigenvalue weighted by atomic mass is 9.78. The van der Waals surface area contributed by atoms with E-state index >= 15 is 0 Å². The van der Waals surface area contributed by atoms with Crippen molar-refractivity contribution in [1.29, 1.82) is 0 Å². The Morgan fingerprint density at radius 1 is 1.25 bits per heavy atom. The highest BCUT2D eigenvalue weighted by Gasteiger charge is 2.43. The van der Waals surface area contributed by atoms with Crippen molar-refractivity contribution in [2.45, 2.75) is 39.4 Å². The lowest BCUT2D eigenvalue weighted by Crippen LogP contribution is -2.40. The smallest absolute Gasteiger partial charge is 0.0709 e. The lowest BCUT2D eigenvalue weighted by Gasteiger charge is -2.44. The van der Waals surface area contributed by atoms with Gasteiger partial charge in [0.2, 0.25) is 0 Å². The van der Waals surface area contributed by atoms with Crippen molar-refractivity contribution in [2.24, 2.45) is 10.4 Å². The Bertz CT molecular complexity index is 249.